The van der Waals surface area contributed by atoms with Crippen LogP contribution in [0.25, 0.3) is 0 Å². The van der Waals surface area contributed by atoms with Crippen LogP contribution in [0.4, 0.5) is 0 Å². The van der Waals surface area contributed by atoms with Gasteiger partial charge >= 0.3 is 0 Å². The van der Waals surface area contributed by atoms with Crippen molar-refractivity contribution >= 4 is 15.7 Å². The lowest BCUT2D eigenvalue weighted by atomic mass is 9.94. The zero-order valence-electron chi connectivity index (χ0n) is 13.5. The summed E-state index contributed by atoms with van der Waals surface area (Å²) in [5.74, 6) is 0.200. The molecule has 6 heteroatoms. The van der Waals surface area contributed by atoms with Gasteiger partial charge in [0, 0.05) is 24.9 Å². The van der Waals surface area contributed by atoms with E-state index in [0.29, 0.717) is 6.04 Å². The molecule has 0 aromatic heterocycles. The second kappa shape index (κ2) is 6.48. The van der Waals surface area contributed by atoms with Crippen molar-refractivity contribution in [2.75, 3.05) is 12.8 Å². The molecule has 1 aliphatic heterocycles. The molecule has 1 heterocycles. The van der Waals surface area contributed by atoms with Crippen molar-refractivity contribution in [1.82, 2.24) is 10.2 Å². The van der Waals surface area contributed by atoms with Crippen LogP contribution in [0.1, 0.15) is 57.8 Å². The van der Waals surface area contributed by atoms with Crippen LogP contribution in [0.15, 0.2) is 0 Å². The van der Waals surface area contributed by atoms with E-state index in [1.165, 1.54) is 25.5 Å². The number of hydrogen-bond acceptors (Lipinski definition) is 4. The van der Waals surface area contributed by atoms with Crippen LogP contribution >= 0.6 is 0 Å². The van der Waals surface area contributed by atoms with E-state index in [9.17, 15) is 13.2 Å². The molecule has 3 rings (SSSR count). The van der Waals surface area contributed by atoms with E-state index in [0.717, 1.165) is 45.1 Å². The monoisotopic (exact) mass is 328 g/mol. The Hall–Kier alpha value is -0.620. The average molecular weight is 328 g/mol. The number of sulfone groups is 1. The van der Waals surface area contributed by atoms with E-state index in [-0.39, 0.29) is 23.2 Å². The van der Waals surface area contributed by atoms with Crippen molar-refractivity contribution in [3.63, 3.8) is 0 Å². The summed E-state index contributed by atoms with van der Waals surface area (Å²) < 4.78 is 23.8. The molecule has 0 spiro atoms. The number of hydrogen-bond donors (Lipinski definition) is 1. The summed E-state index contributed by atoms with van der Waals surface area (Å²) in [5.41, 5.74) is 0. The summed E-state index contributed by atoms with van der Waals surface area (Å²) in [7, 11) is -3.03. The molecule has 3 atom stereocenters. The number of amides is 1. The molecule has 1 saturated heterocycles. The molecule has 22 heavy (non-hydrogen) atoms. The minimum atomic E-state index is -3.03. The Morgan fingerprint density at radius 2 is 1.73 bits per heavy atom. The Morgan fingerprint density at radius 3 is 2.41 bits per heavy atom. The van der Waals surface area contributed by atoms with Gasteiger partial charge in [0.2, 0.25) is 5.91 Å². The maximum atomic E-state index is 12.7. The van der Waals surface area contributed by atoms with Gasteiger partial charge in [0.05, 0.1) is 11.3 Å². The summed E-state index contributed by atoms with van der Waals surface area (Å²) in [6.45, 7) is 0.831. The highest BCUT2D eigenvalue weighted by atomic mass is 32.2. The van der Waals surface area contributed by atoms with Crippen LogP contribution in [0.5, 0.6) is 0 Å². The lowest BCUT2D eigenvalue weighted by Gasteiger charge is -2.31. The van der Waals surface area contributed by atoms with Crippen molar-refractivity contribution in [1.29, 1.82) is 0 Å². The lowest BCUT2D eigenvalue weighted by Crippen LogP contribution is -2.49. The summed E-state index contributed by atoms with van der Waals surface area (Å²) in [5, 5.41) is 3.07. The number of carbonyl (C=O) groups excluding carboxylic acids is 1. The number of likely N-dealkylation sites (tertiary alicyclic amines) is 1. The highest BCUT2D eigenvalue weighted by Gasteiger charge is 2.41. The molecule has 1 N–H and O–H groups in total. The Morgan fingerprint density at radius 1 is 1.00 bits per heavy atom. The van der Waals surface area contributed by atoms with Gasteiger partial charge < -0.3 is 10.2 Å². The number of carbonyl (C=O) groups is 1. The smallest absolute Gasteiger partial charge is 0.240 e. The fourth-order valence-electron chi connectivity index (χ4n) is 4.50. The van der Waals surface area contributed by atoms with Gasteiger partial charge in [0.1, 0.15) is 0 Å². The predicted octanol–water partition coefficient (Wildman–Crippen LogP) is 1.48. The molecule has 1 amide bonds. The molecule has 3 fully saturated rings. The van der Waals surface area contributed by atoms with E-state index in [4.69, 9.17) is 0 Å². The van der Waals surface area contributed by atoms with Gasteiger partial charge in [-0.05, 0) is 32.1 Å². The number of nitrogens with zero attached hydrogens (tertiary/aromatic N) is 1. The van der Waals surface area contributed by atoms with Crippen LogP contribution in [0.3, 0.4) is 0 Å². The largest absolute Gasteiger partial charge is 0.338 e. The lowest BCUT2D eigenvalue weighted by molar-refractivity contribution is -0.132. The van der Waals surface area contributed by atoms with E-state index < -0.39 is 9.84 Å². The molecular weight excluding hydrogens is 300 g/mol. The fraction of sp³-hybridized carbons (Fsp3) is 0.938. The molecule has 0 radical (unpaired) electrons. The fourth-order valence-corrected chi connectivity index (χ4v) is 5.91. The number of nitrogens with one attached hydrogen (secondary N) is 1. The molecule has 0 bridgehead atoms. The van der Waals surface area contributed by atoms with Crippen molar-refractivity contribution in [2.24, 2.45) is 0 Å². The first-order valence-electron chi connectivity index (χ1n) is 8.72. The van der Waals surface area contributed by atoms with Gasteiger partial charge in [-0.1, -0.05) is 25.7 Å². The molecule has 2 aliphatic carbocycles. The molecule has 0 aromatic carbocycles. The Kier molecular flexibility index (Phi) is 4.78. The first-order chi connectivity index (χ1) is 10.5. The molecule has 3 aliphatic rings. The SMILES string of the molecule is CS(=O)(=O)C1CCCC1NC1CCN(C2CCCCC2)C1=O. The zero-order chi connectivity index (χ0) is 15.7. The van der Waals surface area contributed by atoms with Crippen LogP contribution < -0.4 is 5.32 Å². The van der Waals surface area contributed by atoms with Crippen LogP contribution in [0, 0.1) is 0 Å². The van der Waals surface area contributed by atoms with Crippen LogP contribution in [-0.2, 0) is 14.6 Å². The van der Waals surface area contributed by atoms with Gasteiger partial charge in [-0.15, -0.1) is 0 Å². The van der Waals surface area contributed by atoms with Crippen LogP contribution in [0.2, 0.25) is 0 Å². The first kappa shape index (κ1) is 16.2. The van der Waals surface area contributed by atoms with Crippen molar-refractivity contribution in [3.05, 3.63) is 0 Å². The van der Waals surface area contributed by atoms with Gasteiger partial charge in [-0.2, -0.15) is 0 Å². The third-order valence-electron chi connectivity index (χ3n) is 5.67. The number of rotatable bonds is 4. The van der Waals surface area contributed by atoms with E-state index in [1.807, 2.05) is 0 Å². The predicted molar refractivity (Wildman–Crippen MR) is 86.4 cm³/mol. The summed E-state index contributed by atoms with van der Waals surface area (Å²) in [4.78, 5) is 14.7. The van der Waals surface area contributed by atoms with Gasteiger partial charge in [-0.25, -0.2) is 8.42 Å². The molecule has 3 unspecified atom stereocenters. The minimum absolute atomic E-state index is 0.0461. The van der Waals surface area contributed by atoms with E-state index in [1.54, 1.807) is 0 Å². The third kappa shape index (κ3) is 3.32. The Bertz CT molecular complexity index is 513. The summed E-state index contributed by atoms with van der Waals surface area (Å²) in [6.07, 6.45) is 10.7. The van der Waals surface area contributed by atoms with Gasteiger partial charge in [-0.3, -0.25) is 4.79 Å². The Labute approximate surface area is 133 Å². The summed E-state index contributed by atoms with van der Waals surface area (Å²) >= 11 is 0. The second-order valence-electron chi connectivity index (χ2n) is 7.24. The van der Waals surface area contributed by atoms with Crippen LogP contribution in [-0.4, -0.2) is 55.4 Å². The highest BCUT2D eigenvalue weighted by molar-refractivity contribution is 7.91. The van der Waals surface area contributed by atoms with Gasteiger partial charge in [0.25, 0.3) is 0 Å². The third-order valence-corrected chi connectivity index (χ3v) is 7.34. The molecule has 5 nitrogen and oxygen atoms in total. The molecule has 2 saturated carbocycles. The summed E-state index contributed by atoms with van der Waals surface area (Å²) in [6, 6.07) is 0.201. The van der Waals surface area contributed by atoms with E-state index >= 15 is 0 Å². The quantitative estimate of drug-likeness (QED) is 0.849. The highest BCUT2D eigenvalue weighted by Crippen LogP contribution is 2.29. The molecule has 126 valence electrons. The topological polar surface area (TPSA) is 66.5 Å². The molecular formula is C16H28N2O3S. The molecule has 0 aromatic rings. The average Bonchev–Trinajstić information content (AvgIpc) is 3.08. The Balaban J connectivity index is 1.61. The second-order valence-corrected chi connectivity index (χ2v) is 9.50. The zero-order valence-corrected chi connectivity index (χ0v) is 14.3. The minimum Gasteiger partial charge on any atom is -0.338 e. The van der Waals surface area contributed by atoms with E-state index in [2.05, 4.69) is 10.2 Å². The first-order valence-corrected chi connectivity index (χ1v) is 10.7. The standard InChI is InChI=1S/C16H28N2O3S/c1-22(20,21)15-9-5-8-13(15)17-14-10-11-18(16(14)19)12-6-3-2-4-7-12/h12-15,17H,2-11H2,1H3. The van der Waals surface area contributed by atoms with Gasteiger partial charge in [0.15, 0.2) is 9.84 Å². The van der Waals surface area contributed by atoms with Crippen molar-refractivity contribution in [3.8, 4) is 0 Å². The van der Waals surface area contributed by atoms with Crippen molar-refractivity contribution in [2.45, 2.75) is 81.2 Å². The van der Waals surface area contributed by atoms with Crippen molar-refractivity contribution < 1.29 is 13.2 Å². The maximum Gasteiger partial charge on any atom is 0.240 e. The maximum absolute atomic E-state index is 12.7. The normalized spacial score (nSPS) is 34.5.